The first-order valence-corrected chi connectivity index (χ1v) is 6.19. The molecule has 1 fully saturated rings. The van der Waals surface area contributed by atoms with E-state index >= 15 is 0 Å². The molecule has 2 rings (SSSR count). The van der Waals surface area contributed by atoms with Crippen molar-refractivity contribution < 1.29 is 9.53 Å². The molecule has 17 heavy (non-hydrogen) atoms. The lowest BCUT2D eigenvalue weighted by Crippen LogP contribution is -2.40. The van der Waals surface area contributed by atoms with E-state index in [0.717, 1.165) is 12.0 Å². The third-order valence-electron chi connectivity index (χ3n) is 3.28. The summed E-state index contributed by atoms with van der Waals surface area (Å²) in [5, 5.41) is 0. The molecule has 0 radical (unpaired) electrons. The summed E-state index contributed by atoms with van der Waals surface area (Å²) in [7, 11) is 0. The molecular weight excluding hydrogens is 214 g/mol. The smallest absolute Gasteiger partial charge is 0.254 e. The molecule has 3 nitrogen and oxygen atoms in total. The standard InChI is InChI=1S/C14H19NO2/c1-3-12-10-13(5-4-11(12)2)14(16)15-6-8-17-9-7-15/h4-5,10H,3,6-9H2,1-2H3. The zero-order valence-corrected chi connectivity index (χ0v) is 10.5. The van der Waals surface area contributed by atoms with Gasteiger partial charge in [0.2, 0.25) is 0 Å². The van der Waals surface area contributed by atoms with Gasteiger partial charge in [0.05, 0.1) is 13.2 Å². The predicted octanol–water partition coefficient (Wildman–Crippen LogP) is 2.03. The van der Waals surface area contributed by atoms with E-state index in [2.05, 4.69) is 13.8 Å². The molecule has 3 heteroatoms. The van der Waals surface area contributed by atoms with E-state index in [1.54, 1.807) is 0 Å². The Hall–Kier alpha value is -1.35. The number of aryl methyl sites for hydroxylation is 2. The zero-order chi connectivity index (χ0) is 12.3. The topological polar surface area (TPSA) is 29.5 Å². The second kappa shape index (κ2) is 5.32. The van der Waals surface area contributed by atoms with E-state index in [-0.39, 0.29) is 5.91 Å². The summed E-state index contributed by atoms with van der Waals surface area (Å²) >= 11 is 0. The van der Waals surface area contributed by atoms with E-state index in [0.29, 0.717) is 26.3 Å². The maximum Gasteiger partial charge on any atom is 0.254 e. The maximum absolute atomic E-state index is 12.2. The summed E-state index contributed by atoms with van der Waals surface area (Å²) in [6, 6.07) is 5.98. The molecule has 0 saturated carbocycles. The van der Waals surface area contributed by atoms with Crippen LogP contribution in [0.15, 0.2) is 18.2 Å². The Morgan fingerprint density at radius 1 is 1.35 bits per heavy atom. The number of benzene rings is 1. The Morgan fingerprint density at radius 2 is 2.06 bits per heavy atom. The molecular formula is C14H19NO2. The number of hydrogen-bond acceptors (Lipinski definition) is 2. The van der Waals surface area contributed by atoms with E-state index in [1.807, 2.05) is 23.1 Å². The van der Waals surface area contributed by atoms with Crippen molar-refractivity contribution in [2.24, 2.45) is 0 Å². The van der Waals surface area contributed by atoms with Crippen LogP contribution in [-0.2, 0) is 11.2 Å². The van der Waals surface area contributed by atoms with Crippen LogP contribution in [0.5, 0.6) is 0 Å². The summed E-state index contributed by atoms with van der Waals surface area (Å²) in [5.74, 6) is 0.128. The van der Waals surface area contributed by atoms with Crippen LogP contribution >= 0.6 is 0 Å². The Bertz CT molecular complexity index is 409. The summed E-state index contributed by atoms with van der Waals surface area (Å²) in [6.45, 7) is 6.91. The number of hydrogen-bond donors (Lipinski definition) is 0. The summed E-state index contributed by atoms with van der Waals surface area (Å²) in [4.78, 5) is 14.1. The summed E-state index contributed by atoms with van der Waals surface area (Å²) in [6.07, 6.45) is 0.968. The first-order valence-electron chi connectivity index (χ1n) is 6.19. The predicted molar refractivity (Wildman–Crippen MR) is 67.3 cm³/mol. The van der Waals surface area contributed by atoms with Gasteiger partial charge in [0, 0.05) is 18.7 Å². The molecule has 1 saturated heterocycles. The fourth-order valence-electron chi connectivity index (χ4n) is 2.13. The van der Waals surface area contributed by atoms with Gasteiger partial charge in [0.1, 0.15) is 0 Å². The van der Waals surface area contributed by atoms with Crippen molar-refractivity contribution in [2.75, 3.05) is 26.3 Å². The minimum atomic E-state index is 0.128. The molecule has 1 heterocycles. The zero-order valence-electron chi connectivity index (χ0n) is 10.5. The van der Waals surface area contributed by atoms with Crippen LogP contribution in [-0.4, -0.2) is 37.1 Å². The van der Waals surface area contributed by atoms with Crippen molar-refractivity contribution in [1.82, 2.24) is 4.90 Å². The quantitative estimate of drug-likeness (QED) is 0.782. The molecule has 1 aliphatic heterocycles. The molecule has 0 unspecified atom stereocenters. The fraction of sp³-hybridized carbons (Fsp3) is 0.500. The van der Waals surface area contributed by atoms with Gasteiger partial charge in [-0.05, 0) is 36.6 Å². The Labute approximate surface area is 102 Å². The minimum absolute atomic E-state index is 0.128. The van der Waals surface area contributed by atoms with Crippen molar-refractivity contribution in [3.8, 4) is 0 Å². The molecule has 0 N–H and O–H groups in total. The van der Waals surface area contributed by atoms with E-state index in [1.165, 1.54) is 11.1 Å². The fourth-order valence-corrected chi connectivity index (χ4v) is 2.13. The molecule has 1 aliphatic rings. The third kappa shape index (κ3) is 2.67. The normalized spacial score (nSPS) is 16.0. The van der Waals surface area contributed by atoms with Crippen LogP contribution in [0, 0.1) is 6.92 Å². The average Bonchev–Trinajstić information content (AvgIpc) is 2.39. The number of carbonyl (C=O) groups is 1. The highest BCUT2D eigenvalue weighted by Gasteiger charge is 2.18. The monoisotopic (exact) mass is 233 g/mol. The van der Waals surface area contributed by atoms with Gasteiger partial charge in [0.25, 0.3) is 5.91 Å². The van der Waals surface area contributed by atoms with Gasteiger partial charge in [-0.1, -0.05) is 13.0 Å². The number of rotatable bonds is 2. The molecule has 1 aromatic carbocycles. The Kier molecular flexibility index (Phi) is 3.79. The number of amides is 1. The largest absolute Gasteiger partial charge is 0.378 e. The van der Waals surface area contributed by atoms with Gasteiger partial charge in [-0.3, -0.25) is 4.79 Å². The van der Waals surface area contributed by atoms with Gasteiger partial charge in [-0.25, -0.2) is 0 Å². The molecule has 0 atom stereocenters. The van der Waals surface area contributed by atoms with Crippen LogP contribution in [0.4, 0.5) is 0 Å². The average molecular weight is 233 g/mol. The van der Waals surface area contributed by atoms with E-state index in [9.17, 15) is 4.79 Å². The molecule has 0 aliphatic carbocycles. The van der Waals surface area contributed by atoms with Crippen LogP contribution in [0.2, 0.25) is 0 Å². The number of ether oxygens (including phenoxy) is 1. The Balaban J connectivity index is 2.18. The van der Waals surface area contributed by atoms with E-state index < -0.39 is 0 Å². The van der Waals surface area contributed by atoms with Gasteiger partial charge in [-0.2, -0.15) is 0 Å². The number of carbonyl (C=O) groups excluding carboxylic acids is 1. The Morgan fingerprint density at radius 3 is 2.71 bits per heavy atom. The first kappa shape index (κ1) is 12.1. The van der Waals surface area contributed by atoms with E-state index in [4.69, 9.17) is 4.74 Å². The molecule has 1 aromatic rings. The second-order valence-corrected chi connectivity index (χ2v) is 4.40. The summed E-state index contributed by atoms with van der Waals surface area (Å²) < 4.78 is 5.26. The third-order valence-corrected chi connectivity index (χ3v) is 3.28. The lowest BCUT2D eigenvalue weighted by atomic mass is 10.0. The first-order chi connectivity index (χ1) is 8.22. The van der Waals surface area contributed by atoms with Crippen LogP contribution in [0.3, 0.4) is 0 Å². The van der Waals surface area contributed by atoms with Gasteiger partial charge in [0.15, 0.2) is 0 Å². The molecule has 1 amide bonds. The molecule has 92 valence electrons. The van der Waals surface area contributed by atoms with Crippen LogP contribution in [0.1, 0.15) is 28.4 Å². The second-order valence-electron chi connectivity index (χ2n) is 4.40. The minimum Gasteiger partial charge on any atom is -0.378 e. The maximum atomic E-state index is 12.2. The van der Waals surface area contributed by atoms with Gasteiger partial charge < -0.3 is 9.64 Å². The lowest BCUT2D eigenvalue weighted by Gasteiger charge is -2.27. The molecule has 0 aromatic heterocycles. The van der Waals surface area contributed by atoms with Crippen LogP contribution in [0.25, 0.3) is 0 Å². The lowest BCUT2D eigenvalue weighted by molar-refractivity contribution is 0.0303. The number of nitrogens with zero attached hydrogens (tertiary/aromatic N) is 1. The van der Waals surface area contributed by atoms with Gasteiger partial charge >= 0.3 is 0 Å². The molecule has 0 bridgehead atoms. The molecule has 0 spiro atoms. The highest BCUT2D eigenvalue weighted by molar-refractivity contribution is 5.94. The highest BCUT2D eigenvalue weighted by atomic mass is 16.5. The summed E-state index contributed by atoms with van der Waals surface area (Å²) in [5.41, 5.74) is 3.31. The van der Waals surface area contributed by atoms with Gasteiger partial charge in [-0.15, -0.1) is 0 Å². The highest BCUT2D eigenvalue weighted by Crippen LogP contribution is 2.14. The van der Waals surface area contributed by atoms with Crippen molar-refractivity contribution in [2.45, 2.75) is 20.3 Å². The van der Waals surface area contributed by atoms with Crippen molar-refractivity contribution in [1.29, 1.82) is 0 Å². The SMILES string of the molecule is CCc1cc(C(=O)N2CCOCC2)ccc1C. The van der Waals surface area contributed by atoms with Crippen molar-refractivity contribution >= 4 is 5.91 Å². The van der Waals surface area contributed by atoms with Crippen molar-refractivity contribution in [3.63, 3.8) is 0 Å². The number of morpholine rings is 1. The van der Waals surface area contributed by atoms with Crippen molar-refractivity contribution in [3.05, 3.63) is 34.9 Å². The van der Waals surface area contributed by atoms with Crippen LogP contribution < -0.4 is 0 Å².